The van der Waals surface area contributed by atoms with Gasteiger partial charge < -0.3 is 10.1 Å². The zero-order chi connectivity index (χ0) is 15.4. The van der Waals surface area contributed by atoms with E-state index in [0.29, 0.717) is 18.7 Å². The third-order valence-corrected chi connectivity index (χ3v) is 3.11. The molecule has 21 heavy (non-hydrogen) atoms. The molecule has 1 aromatic carbocycles. The summed E-state index contributed by atoms with van der Waals surface area (Å²) in [7, 11) is 0. The van der Waals surface area contributed by atoms with E-state index < -0.39 is 18.0 Å². The minimum atomic E-state index is -0.524. The number of cyclic esters (lactones) is 1. The fourth-order valence-corrected chi connectivity index (χ4v) is 2.15. The van der Waals surface area contributed by atoms with Crippen molar-refractivity contribution in [3.05, 3.63) is 30.1 Å². The molecule has 2 amide bonds. The molecule has 0 bridgehead atoms. The molecular weight excluding hydrogens is 275 g/mol. The minimum absolute atomic E-state index is 0.0646. The number of anilines is 1. The highest BCUT2D eigenvalue weighted by Gasteiger charge is 2.32. The molecule has 0 aromatic heterocycles. The predicted molar refractivity (Wildman–Crippen MR) is 76.5 cm³/mol. The summed E-state index contributed by atoms with van der Waals surface area (Å²) in [6.45, 7) is 4.48. The molecule has 0 aliphatic carbocycles. The molecule has 1 aliphatic heterocycles. The molecule has 0 radical (unpaired) electrons. The summed E-state index contributed by atoms with van der Waals surface area (Å²) in [4.78, 5) is 24.7. The van der Waals surface area contributed by atoms with Crippen molar-refractivity contribution < 1.29 is 18.7 Å². The average molecular weight is 294 g/mol. The summed E-state index contributed by atoms with van der Waals surface area (Å²) < 4.78 is 18.4. The smallest absolute Gasteiger partial charge is 0.414 e. The standard InChI is InChI=1S/C15H19FN2O3/c1-10(2)6-14(19)17-8-13-9-18(15(20)21-13)12-5-3-4-11(16)7-12/h3-5,7,10,13H,6,8-9H2,1-2H3,(H,17,19). The Hall–Kier alpha value is -2.11. The quantitative estimate of drug-likeness (QED) is 0.906. The number of hydrogen-bond acceptors (Lipinski definition) is 3. The van der Waals surface area contributed by atoms with Crippen molar-refractivity contribution >= 4 is 17.7 Å². The van der Waals surface area contributed by atoms with Crippen LogP contribution in [-0.4, -0.2) is 31.2 Å². The maximum Gasteiger partial charge on any atom is 0.414 e. The van der Waals surface area contributed by atoms with Crippen molar-refractivity contribution in [1.29, 1.82) is 0 Å². The average Bonchev–Trinajstić information content (AvgIpc) is 2.77. The number of nitrogens with zero attached hydrogens (tertiary/aromatic N) is 1. The first-order valence-electron chi connectivity index (χ1n) is 6.96. The van der Waals surface area contributed by atoms with Gasteiger partial charge in [0.15, 0.2) is 0 Å². The van der Waals surface area contributed by atoms with Crippen molar-refractivity contribution in [2.24, 2.45) is 5.92 Å². The van der Waals surface area contributed by atoms with Crippen LogP contribution in [0.5, 0.6) is 0 Å². The molecule has 1 unspecified atom stereocenters. The van der Waals surface area contributed by atoms with E-state index in [0.717, 1.165) is 0 Å². The maximum atomic E-state index is 13.2. The van der Waals surface area contributed by atoms with Gasteiger partial charge in [0, 0.05) is 6.42 Å². The van der Waals surface area contributed by atoms with Gasteiger partial charge in [-0.05, 0) is 24.1 Å². The first-order chi connectivity index (χ1) is 9.95. The van der Waals surface area contributed by atoms with E-state index in [4.69, 9.17) is 4.74 Å². The van der Waals surface area contributed by atoms with Gasteiger partial charge in [0.1, 0.15) is 11.9 Å². The number of halogens is 1. The van der Waals surface area contributed by atoms with Gasteiger partial charge in [-0.1, -0.05) is 19.9 Å². The lowest BCUT2D eigenvalue weighted by Gasteiger charge is -2.13. The van der Waals surface area contributed by atoms with Crippen LogP contribution >= 0.6 is 0 Å². The third-order valence-electron chi connectivity index (χ3n) is 3.11. The Morgan fingerprint density at radius 2 is 2.29 bits per heavy atom. The lowest BCUT2D eigenvalue weighted by molar-refractivity contribution is -0.122. The number of carbonyl (C=O) groups excluding carboxylic acids is 2. The summed E-state index contributed by atoms with van der Waals surface area (Å²) >= 11 is 0. The number of hydrogen-bond donors (Lipinski definition) is 1. The van der Waals surface area contributed by atoms with E-state index >= 15 is 0 Å². The van der Waals surface area contributed by atoms with Crippen molar-refractivity contribution in [1.82, 2.24) is 5.32 Å². The molecule has 1 aromatic rings. The minimum Gasteiger partial charge on any atom is -0.442 e. The van der Waals surface area contributed by atoms with Crippen molar-refractivity contribution in [2.75, 3.05) is 18.0 Å². The van der Waals surface area contributed by atoms with E-state index in [2.05, 4.69) is 5.32 Å². The normalized spacial score (nSPS) is 18.0. The first-order valence-corrected chi connectivity index (χ1v) is 6.96. The molecular formula is C15H19FN2O3. The number of ether oxygens (including phenoxy) is 1. The Morgan fingerprint density at radius 3 is 2.95 bits per heavy atom. The van der Waals surface area contributed by atoms with Crippen LogP contribution in [0.1, 0.15) is 20.3 Å². The number of nitrogens with one attached hydrogen (secondary N) is 1. The van der Waals surface area contributed by atoms with Crippen LogP contribution < -0.4 is 10.2 Å². The fourth-order valence-electron chi connectivity index (χ4n) is 2.15. The highest BCUT2D eigenvalue weighted by atomic mass is 19.1. The van der Waals surface area contributed by atoms with E-state index in [1.54, 1.807) is 6.07 Å². The molecule has 1 fully saturated rings. The molecule has 1 heterocycles. The number of carbonyl (C=O) groups is 2. The first kappa shape index (κ1) is 15.3. The van der Waals surface area contributed by atoms with E-state index in [1.807, 2.05) is 13.8 Å². The Labute approximate surface area is 123 Å². The van der Waals surface area contributed by atoms with E-state index in [9.17, 15) is 14.0 Å². The highest BCUT2D eigenvalue weighted by Crippen LogP contribution is 2.22. The predicted octanol–water partition coefficient (Wildman–Crippen LogP) is 2.31. The Balaban J connectivity index is 1.89. The lowest BCUT2D eigenvalue weighted by Crippen LogP contribution is -2.35. The van der Waals surface area contributed by atoms with Gasteiger partial charge in [0.05, 0.1) is 18.8 Å². The molecule has 1 aliphatic rings. The number of benzene rings is 1. The Morgan fingerprint density at radius 1 is 1.52 bits per heavy atom. The summed E-state index contributed by atoms with van der Waals surface area (Å²) in [5, 5.41) is 2.74. The molecule has 1 saturated heterocycles. The molecule has 0 saturated carbocycles. The molecule has 2 rings (SSSR count). The van der Waals surface area contributed by atoms with Gasteiger partial charge in [0.25, 0.3) is 0 Å². The van der Waals surface area contributed by atoms with Gasteiger partial charge in [-0.3, -0.25) is 9.69 Å². The Bertz CT molecular complexity index is 533. The van der Waals surface area contributed by atoms with Crippen LogP contribution in [0.15, 0.2) is 24.3 Å². The molecule has 0 spiro atoms. The second-order valence-electron chi connectivity index (χ2n) is 5.50. The SMILES string of the molecule is CC(C)CC(=O)NCC1CN(c2cccc(F)c2)C(=O)O1. The van der Waals surface area contributed by atoms with Crippen molar-refractivity contribution in [2.45, 2.75) is 26.4 Å². The van der Waals surface area contributed by atoms with Crippen LogP contribution in [0.2, 0.25) is 0 Å². The van der Waals surface area contributed by atoms with Crippen molar-refractivity contribution in [3.63, 3.8) is 0 Å². The van der Waals surface area contributed by atoms with E-state index in [1.165, 1.54) is 23.1 Å². The number of rotatable bonds is 5. The fraction of sp³-hybridized carbons (Fsp3) is 0.467. The Kier molecular flexibility index (Phi) is 4.77. The van der Waals surface area contributed by atoms with Gasteiger partial charge in [-0.2, -0.15) is 0 Å². The van der Waals surface area contributed by atoms with Gasteiger partial charge in [-0.25, -0.2) is 9.18 Å². The van der Waals surface area contributed by atoms with Crippen LogP contribution in [0, 0.1) is 11.7 Å². The molecule has 114 valence electrons. The van der Waals surface area contributed by atoms with Gasteiger partial charge >= 0.3 is 6.09 Å². The molecule has 1 atom stereocenters. The van der Waals surface area contributed by atoms with Crippen LogP contribution in [0.25, 0.3) is 0 Å². The second-order valence-corrected chi connectivity index (χ2v) is 5.50. The zero-order valence-corrected chi connectivity index (χ0v) is 12.1. The lowest BCUT2D eigenvalue weighted by atomic mass is 10.1. The largest absolute Gasteiger partial charge is 0.442 e. The highest BCUT2D eigenvalue weighted by molar-refractivity contribution is 5.89. The van der Waals surface area contributed by atoms with Crippen LogP contribution in [-0.2, 0) is 9.53 Å². The van der Waals surface area contributed by atoms with Crippen molar-refractivity contribution in [3.8, 4) is 0 Å². The molecule has 1 N–H and O–H groups in total. The summed E-state index contributed by atoms with van der Waals surface area (Å²) in [6, 6.07) is 5.77. The monoisotopic (exact) mass is 294 g/mol. The third kappa shape index (κ3) is 4.18. The topological polar surface area (TPSA) is 58.6 Å². The molecule has 5 nitrogen and oxygen atoms in total. The summed E-state index contributed by atoms with van der Waals surface area (Å²) in [5.74, 6) is -0.195. The second kappa shape index (κ2) is 6.56. The maximum absolute atomic E-state index is 13.2. The van der Waals surface area contributed by atoms with Gasteiger partial charge in [-0.15, -0.1) is 0 Å². The zero-order valence-electron chi connectivity index (χ0n) is 12.1. The number of amides is 2. The molecule has 6 heteroatoms. The van der Waals surface area contributed by atoms with Crippen LogP contribution in [0.3, 0.4) is 0 Å². The van der Waals surface area contributed by atoms with Gasteiger partial charge in [0.2, 0.25) is 5.91 Å². The van der Waals surface area contributed by atoms with E-state index in [-0.39, 0.29) is 18.4 Å². The van der Waals surface area contributed by atoms with Crippen LogP contribution in [0.4, 0.5) is 14.9 Å². The summed E-state index contributed by atoms with van der Waals surface area (Å²) in [6.07, 6.45) is -0.505. The summed E-state index contributed by atoms with van der Waals surface area (Å²) in [5.41, 5.74) is 0.455.